The molecule has 4 nitrogen and oxygen atoms in total. The predicted molar refractivity (Wildman–Crippen MR) is 235 cm³/mol. The van der Waals surface area contributed by atoms with E-state index in [0.717, 1.165) is 46.0 Å². The summed E-state index contributed by atoms with van der Waals surface area (Å²) < 4.78 is 4.74. The fourth-order valence-electron chi connectivity index (χ4n) is 8.47. The number of pyridine rings is 1. The van der Waals surface area contributed by atoms with Gasteiger partial charge < -0.3 is 14.5 Å². The average molecular weight is 717 g/mol. The van der Waals surface area contributed by atoms with E-state index in [1.54, 1.807) is 0 Å². The molecule has 1 aliphatic rings. The Morgan fingerprint density at radius 3 is 1.64 bits per heavy atom. The third-order valence-corrected chi connectivity index (χ3v) is 11.1. The van der Waals surface area contributed by atoms with Gasteiger partial charge in [-0.2, -0.15) is 0 Å². The SMILES string of the molecule is C1=Cc2c(c3cc(-c4ccc5c(c4)c4ccccc4n5-c4ccc(-c5cc(-c6ccccc6)cc(-c6ccccc6)n5)cc4)ccc3n2-c2ccccc2)NC1. The van der Waals surface area contributed by atoms with Gasteiger partial charge in [0.2, 0.25) is 0 Å². The van der Waals surface area contributed by atoms with Crippen molar-refractivity contribution in [3.05, 3.63) is 200 Å². The normalized spacial score (nSPS) is 12.3. The van der Waals surface area contributed by atoms with Gasteiger partial charge in [-0.05, 0) is 95.1 Å². The van der Waals surface area contributed by atoms with Crippen molar-refractivity contribution in [2.24, 2.45) is 0 Å². The lowest BCUT2D eigenvalue weighted by molar-refractivity contribution is 1.10. The second-order valence-electron chi connectivity index (χ2n) is 14.4. The van der Waals surface area contributed by atoms with Crippen LogP contribution in [-0.4, -0.2) is 20.7 Å². The van der Waals surface area contributed by atoms with E-state index >= 15 is 0 Å². The van der Waals surface area contributed by atoms with E-state index in [1.165, 1.54) is 60.8 Å². The lowest BCUT2D eigenvalue weighted by Gasteiger charge is -2.12. The molecule has 0 fully saturated rings. The minimum absolute atomic E-state index is 0.822. The molecule has 11 rings (SSSR count). The van der Waals surface area contributed by atoms with Crippen molar-refractivity contribution in [2.75, 3.05) is 11.9 Å². The molecule has 3 aromatic heterocycles. The molecule has 1 aliphatic heterocycles. The maximum atomic E-state index is 5.17. The van der Waals surface area contributed by atoms with Gasteiger partial charge in [0.05, 0.1) is 39.3 Å². The number of nitrogens with zero attached hydrogens (tertiary/aromatic N) is 3. The first-order valence-electron chi connectivity index (χ1n) is 19.2. The monoisotopic (exact) mass is 716 g/mol. The van der Waals surface area contributed by atoms with Gasteiger partial charge in [-0.1, -0.05) is 127 Å². The zero-order valence-corrected chi connectivity index (χ0v) is 30.6. The lowest BCUT2D eigenvalue weighted by Crippen LogP contribution is -2.05. The molecule has 10 aromatic rings. The topological polar surface area (TPSA) is 34.8 Å². The zero-order valence-electron chi connectivity index (χ0n) is 30.6. The van der Waals surface area contributed by atoms with Crippen molar-refractivity contribution >= 4 is 44.5 Å². The summed E-state index contributed by atoms with van der Waals surface area (Å²) >= 11 is 0. The second kappa shape index (κ2) is 13.2. The van der Waals surface area contributed by atoms with E-state index in [9.17, 15) is 0 Å². The van der Waals surface area contributed by atoms with E-state index < -0.39 is 0 Å². The van der Waals surface area contributed by atoms with Gasteiger partial charge in [0.15, 0.2) is 0 Å². The van der Waals surface area contributed by atoms with Crippen molar-refractivity contribution < 1.29 is 0 Å². The maximum Gasteiger partial charge on any atom is 0.0715 e. The molecule has 56 heavy (non-hydrogen) atoms. The third kappa shape index (κ3) is 5.34. The van der Waals surface area contributed by atoms with Crippen molar-refractivity contribution in [2.45, 2.75) is 0 Å². The predicted octanol–water partition coefficient (Wildman–Crippen LogP) is 13.2. The number of hydrogen-bond acceptors (Lipinski definition) is 2. The Morgan fingerprint density at radius 1 is 0.393 bits per heavy atom. The first-order valence-corrected chi connectivity index (χ1v) is 19.2. The van der Waals surface area contributed by atoms with E-state index in [0.29, 0.717) is 0 Å². The molecule has 7 aromatic carbocycles. The highest BCUT2D eigenvalue weighted by Gasteiger charge is 2.20. The van der Waals surface area contributed by atoms with Crippen LogP contribution in [0.25, 0.3) is 94.9 Å². The van der Waals surface area contributed by atoms with Gasteiger partial charge in [-0.15, -0.1) is 0 Å². The van der Waals surface area contributed by atoms with Gasteiger partial charge in [0.25, 0.3) is 0 Å². The second-order valence-corrected chi connectivity index (χ2v) is 14.4. The molecule has 0 radical (unpaired) electrons. The Morgan fingerprint density at radius 2 is 0.929 bits per heavy atom. The lowest BCUT2D eigenvalue weighted by atomic mass is 10.00. The third-order valence-electron chi connectivity index (χ3n) is 11.1. The Labute approximate surface area is 325 Å². The number of anilines is 1. The summed E-state index contributed by atoms with van der Waals surface area (Å²) in [4.78, 5) is 5.17. The highest BCUT2D eigenvalue weighted by atomic mass is 15.0. The van der Waals surface area contributed by atoms with Crippen LogP contribution < -0.4 is 5.32 Å². The van der Waals surface area contributed by atoms with Crippen molar-refractivity contribution in [3.8, 4) is 56.1 Å². The molecule has 0 amide bonds. The molecule has 1 N–H and O–H groups in total. The summed E-state index contributed by atoms with van der Waals surface area (Å²) in [5.74, 6) is 0. The van der Waals surface area contributed by atoms with E-state index in [2.05, 4.69) is 209 Å². The largest absolute Gasteiger partial charge is 0.379 e. The Hall–Kier alpha value is -7.43. The first-order chi connectivity index (χ1) is 27.8. The summed E-state index contributed by atoms with van der Waals surface area (Å²) in [5.41, 5.74) is 17.0. The van der Waals surface area contributed by atoms with Gasteiger partial charge >= 0.3 is 0 Å². The number of aromatic nitrogens is 3. The quantitative estimate of drug-likeness (QED) is 0.186. The highest BCUT2D eigenvalue weighted by Crippen LogP contribution is 2.40. The summed E-state index contributed by atoms with van der Waals surface area (Å²) in [6.07, 6.45) is 4.44. The standard InChI is InChI=1S/C52H36N4/c1-4-13-35(14-5-1)40-33-46(36-15-6-2-7-16-36)54-47(34-40)37-22-26-42(27-23-37)55-48-20-11-10-19-43(48)44-31-38(24-28-49(44)55)39-25-29-50-45(32-39)52-51(21-12-30-53-52)56(50)41-17-8-3-9-18-41/h1-29,31-34,53H,30H2. The summed E-state index contributed by atoms with van der Waals surface area (Å²) in [6, 6.07) is 67.4. The fraction of sp³-hybridized carbons (Fsp3) is 0.0192. The first kappa shape index (κ1) is 32.0. The Bertz CT molecular complexity index is 3040. The molecule has 4 heteroatoms. The molecule has 0 bridgehead atoms. The molecule has 0 saturated carbocycles. The van der Waals surface area contributed by atoms with E-state index in [4.69, 9.17) is 4.98 Å². The minimum Gasteiger partial charge on any atom is -0.379 e. The van der Waals surface area contributed by atoms with Crippen LogP contribution in [0.4, 0.5) is 5.69 Å². The van der Waals surface area contributed by atoms with Crippen LogP contribution in [0.5, 0.6) is 0 Å². The summed E-state index contributed by atoms with van der Waals surface area (Å²) in [6.45, 7) is 0.822. The summed E-state index contributed by atoms with van der Waals surface area (Å²) in [5, 5.41) is 7.37. The molecule has 0 unspecified atom stereocenters. The van der Waals surface area contributed by atoms with Crippen LogP contribution in [0, 0.1) is 0 Å². The molecule has 264 valence electrons. The number of benzene rings is 7. The van der Waals surface area contributed by atoms with Gasteiger partial charge in [-0.25, -0.2) is 4.98 Å². The summed E-state index contributed by atoms with van der Waals surface area (Å²) in [7, 11) is 0. The number of nitrogens with one attached hydrogen (secondary N) is 1. The molecule has 0 spiro atoms. The fourth-order valence-corrected chi connectivity index (χ4v) is 8.47. The van der Waals surface area contributed by atoms with Crippen LogP contribution in [0.1, 0.15) is 5.69 Å². The zero-order chi connectivity index (χ0) is 37.0. The molecule has 4 heterocycles. The molecular formula is C52H36N4. The Kier molecular flexibility index (Phi) is 7.52. The van der Waals surface area contributed by atoms with Crippen molar-refractivity contribution in [1.82, 2.24) is 14.1 Å². The van der Waals surface area contributed by atoms with Gasteiger partial charge in [0.1, 0.15) is 0 Å². The number of para-hydroxylation sites is 2. The van der Waals surface area contributed by atoms with Gasteiger partial charge in [0, 0.05) is 45.2 Å². The van der Waals surface area contributed by atoms with E-state index in [1.807, 2.05) is 6.07 Å². The highest BCUT2D eigenvalue weighted by molar-refractivity contribution is 6.11. The Balaban J connectivity index is 1.00. The number of hydrogen-bond donors (Lipinski definition) is 1. The average Bonchev–Trinajstić information content (AvgIpc) is 3.79. The van der Waals surface area contributed by atoms with E-state index in [-0.39, 0.29) is 0 Å². The number of rotatable bonds is 6. The minimum atomic E-state index is 0.822. The van der Waals surface area contributed by atoms with Crippen molar-refractivity contribution in [1.29, 1.82) is 0 Å². The number of fused-ring (bicyclic) bond motifs is 6. The molecule has 0 atom stereocenters. The molecule has 0 saturated heterocycles. The van der Waals surface area contributed by atoms with Crippen LogP contribution in [0.2, 0.25) is 0 Å². The molecular weight excluding hydrogens is 681 g/mol. The van der Waals surface area contributed by atoms with Gasteiger partial charge in [-0.3, -0.25) is 0 Å². The van der Waals surface area contributed by atoms with Crippen LogP contribution in [-0.2, 0) is 0 Å². The molecule has 0 aliphatic carbocycles. The van der Waals surface area contributed by atoms with Crippen LogP contribution in [0.3, 0.4) is 0 Å². The van der Waals surface area contributed by atoms with Crippen LogP contribution in [0.15, 0.2) is 194 Å². The smallest absolute Gasteiger partial charge is 0.0715 e. The van der Waals surface area contributed by atoms with Crippen LogP contribution >= 0.6 is 0 Å². The maximum absolute atomic E-state index is 5.17. The van der Waals surface area contributed by atoms with Crippen molar-refractivity contribution in [3.63, 3.8) is 0 Å².